The van der Waals surface area contributed by atoms with Crippen molar-refractivity contribution in [3.8, 4) is 5.75 Å². The molecule has 22 heavy (non-hydrogen) atoms. The smallest absolute Gasteiger partial charge is 0.262 e. The van der Waals surface area contributed by atoms with Crippen LogP contribution in [0.5, 0.6) is 5.75 Å². The van der Waals surface area contributed by atoms with E-state index in [0.29, 0.717) is 5.56 Å². The first-order valence-electron chi connectivity index (χ1n) is 6.67. The molecule has 5 nitrogen and oxygen atoms in total. The maximum Gasteiger partial charge on any atom is 0.262 e. The molecule has 0 saturated carbocycles. The Hall–Kier alpha value is -2.89. The van der Waals surface area contributed by atoms with Crippen LogP contribution in [0.15, 0.2) is 36.4 Å². The van der Waals surface area contributed by atoms with E-state index in [2.05, 4.69) is 10.6 Å². The molecule has 0 saturated heterocycles. The van der Waals surface area contributed by atoms with Gasteiger partial charge >= 0.3 is 0 Å². The van der Waals surface area contributed by atoms with E-state index in [1.807, 2.05) is 13.0 Å². The number of hydrogen-bond acceptors (Lipinski definition) is 3. The van der Waals surface area contributed by atoms with Crippen LogP contribution in [0.3, 0.4) is 0 Å². The van der Waals surface area contributed by atoms with Gasteiger partial charge in [0.1, 0.15) is 5.82 Å². The number of halogens is 1. The van der Waals surface area contributed by atoms with E-state index in [0.717, 1.165) is 17.7 Å². The Morgan fingerprint density at radius 2 is 2.14 bits per heavy atom. The third kappa shape index (κ3) is 2.76. The second-order valence-corrected chi connectivity index (χ2v) is 4.99. The number of anilines is 2. The van der Waals surface area contributed by atoms with Crippen LogP contribution < -0.4 is 15.4 Å². The van der Waals surface area contributed by atoms with Crippen molar-refractivity contribution in [1.29, 1.82) is 0 Å². The SMILES string of the molecule is Cc1cccc(C(=O)Nc2cc(F)cc3c2OCC(=O)N3)c1. The number of aryl methyl sites for hydroxylation is 1. The van der Waals surface area contributed by atoms with Crippen LogP contribution >= 0.6 is 0 Å². The number of nitrogens with one attached hydrogen (secondary N) is 2. The number of hydrogen-bond donors (Lipinski definition) is 2. The maximum atomic E-state index is 13.6. The average Bonchev–Trinajstić information content (AvgIpc) is 2.46. The number of carbonyl (C=O) groups excluding carboxylic acids is 2. The summed E-state index contributed by atoms with van der Waals surface area (Å²) in [5.74, 6) is -1.07. The molecule has 0 unspecified atom stereocenters. The van der Waals surface area contributed by atoms with E-state index >= 15 is 0 Å². The predicted molar refractivity (Wildman–Crippen MR) is 79.7 cm³/mol. The van der Waals surface area contributed by atoms with E-state index in [-0.39, 0.29) is 35.5 Å². The molecule has 0 aromatic heterocycles. The van der Waals surface area contributed by atoms with Gasteiger partial charge in [0.05, 0.1) is 11.4 Å². The summed E-state index contributed by atoms with van der Waals surface area (Å²) in [6.45, 7) is 1.70. The normalized spacial score (nSPS) is 12.9. The highest BCUT2D eigenvalue weighted by Crippen LogP contribution is 2.36. The first-order chi connectivity index (χ1) is 10.5. The highest BCUT2D eigenvalue weighted by molar-refractivity contribution is 6.06. The van der Waals surface area contributed by atoms with Crippen LogP contribution in [0.25, 0.3) is 0 Å². The van der Waals surface area contributed by atoms with Crippen LogP contribution in [0.1, 0.15) is 15.9 Å². The number of benzene rings is 2. The van der Waals surface area contributed by atoms with Gasteiger partial charge in [0.15, 0.2) is 12.4 Å². The van der Waals surface area contributed by atoms with Crippen LogP contribution in [-0.4, -0.2) is 18.4 Å². The monoisotopic (exact) mass is 300 g/mol. The average molecular weight is 300 g/mol. The topological polar surface area (TPSA) is 67.4 Å². The van der Waals surface area contributed by atoms with E-state index in [1.165, 1.54) is 0 Å². The molecule has 1 heterocycles. The molecule has 0 bridgehead atoms. The Kier molecular flexibility index (Phi) is 3.50. The van der Waals surface area contributed by atoms with Crippen molar-refractivity contribution in [3.05, 3.63) is 53.3 Å². The Bertz CT molecular complexity index is 774. The molecule has 1 aliphatic rings. The molecular weight excluding hydrogens is 287 g/mol. The second kappa shape index (κ2) is 5.48. The van der Waals surface area contributed by atoms with Crippen LogP contribution in [0, 0.1) is 12.7 Å². The van der Waals surface area contributed by atoms with Crippen molar-refractivity contribution >= 4 is 23.2 Å². The van der Waals surface area contributed by atoms with Crippen molar-refractivity contribution in [2.45, 2.75) is 6.92 Å². The summed E-state index contributed by atoms with van der Waals surface area (Å²) in [4.78, 5) is 23.5. The first kappa shape index (κ1) is 14.1. The molecule has 0 spiro atoms. The van der Waals surface area contributed by atoms with Crippen molar-refractivity contribution in [3.63, 3.8) is 0 Å². The lowest BCUT2D eigenvalue weighted by molar-refractivity contribution is -0.118. The van der Waals surface area contributed by atoms with Gasteiger partial charge in [0, 0.05) is 17.7 Å². The Morgan fingerprint density at radius 3 is 2.91 bits per heavy atom. The summed E-state index contributed by atoms with van der Waals surface area (Å²) in [7, 11) is 0. The molecule has 2 amide bonds. The van der Waals surface area contributed by atoms with Gasteiger partial charge in [-0.15, -0.1) is 0 Å². The third-order valence-corrected chi connectivity index (χ3v) is 3.20. The molecule has 2 N–H and O–H groups in total. The molecule has 0 aliphatic carbocycles. The van der Waals surface area contributed by atoms with Gasteiger partial charge in [0.25, 0.3) is 11.8 Å². The molecule has 0 atom stereocenters. The van der Waals surface area contributed by atoms with E-state index in [1.54, 1.807) is 18.2 Å². The zero-order valence-electron chi connectivity index (χ0n) is 11.8. The third-order valence-electron chi connectivity index (χ3n) is 3.20. The summed E-state index contributed by atoms with van der Waals surface area (Å²) >= 11 is 0. The fourth-order valence-corrected chi connectivity index (χ4v) is 2.24. The fourth-order valence-electron chi connectivity index (χ4n) is 2.24. The minimum Gasteiger partial charge on any atom is -0.479 e. The zero-order valence-corrected chi connectivity index (χ0v) is 11.8. The Balaban J connectivity index is 1.92. The van der Waals surface area contributed by atoms with Crippen molar-refractivity contribution in [1.82, 2.24) is 0 Å². The van der Waals surface area contributed by atoms with E-state index in [4.69, 9.17) is 4.74 Å². The standard InChI is InChI=1S/C16H13FN2O3/c1-9-3-2-4-10(5-9)16(21)19-13-7-11(17)6-12-15(13)22-8-14(20)18-12/h2-7H,8H2,1H3,(H,18,20)(H,19,21). The lowest BCUT2D eigenvalue weighted by Crippen LogP contribution is -2.26. The maximum absolute atomic E-state index is 13.6. The molecule has 2 aromatic rings. The summed E-state index contributed by atoms with van der Waals surface area (Å²) in [5, 5.41) is 5.12. The molecule has 112 valence electrons. The lowest BCUT2D eigenvalue weighted by Gasteiger charge is -2.21. The largest absolute Gasteiger partial charge is 0.479 e. The first-order valence-corrected chi connectivity index (χ1v) is 6.67. The number of rotatable bonds is 2. The fraction of sp³-hybridized carbons (Fsp3) is 0.125. The summed E-state index contributed by atoms with van der Waals surface area (Å²) in [6, 6.07) is 9.33. The number of carbonyl (C=O) groups is 2. The molecule has 0 fully saturated rings. The highest BCUT2D eigenvalue weighted by Gasteiger charge is 2.22. The summed E-state index contributed by atoms with van der Waals surface area (Å²) in [5.41, 5.74) is 1.78. The Labute approximate surface area is 126 Å². The minimum atomic E-state index is -0.580. The van der Waals surface area contributed by atoms with Crippen molar-refractivity contribution in [2.75, 3.05) is 17.2 Å². The van der Waals surface area contributed by atoms with Crippen LogP contribution in [0.4, 0.5) is 15.8 Å². The van der Waals surface area contributed by atoms with Gasteiger partial charge in [-0.3, -0.25) is 9.59 Å². The Morgan fingerprint density at radius 1 is 1.32 bits per heavy atom. The predicted octanol–water partition coefficient (Wildman–Crippen LogP) is 2.72. The van der Waals surface area contributed by atoms with E-state index < -0.39 is 5.82 Å². The molecule has 6 heteroatoms. The van der Waals surface area contributed by atoms with Crippen LogP contribution in [0.2, 0.25) is 0 Å². The quantitative estimate of drug-likeness (QED) is 0.896. The van der Waals surface area contributed by atoms with Crippen molar-refractivity contribution in [2.24, 2.45) is 0 Å². The van der Waals surface area contributed by atoms with Gasteiger partial charge < -0.3 is 15.4 Å². The van der Waals surface area contributed by atoms with Gasteiger partial charge in [-0.2, -0.15) is 0 Å². The minimum absolute atomic E-state index is 0.175. The molecule has 2 aromatic carbocycles. The molecule has 3 rings (SSSR count). The molecular formula is C16H13FN2O3. The van der Waals surface area contributed by atoms with Gasteiger partial charge in [-0.1, -0.05) is 17.7 Å². The summed E-state index contributed by atoms with van der Waals surface area (Å²) < 4.78 is 18.9. The number of amides is 2. The number of ether oxygens (including phenoxy) is 1. The molecule has 1 aliphatic heterocycles. The van der Waals surface area contributed by atoms with Gasteiger partial charge in [-0.25, -0.2) is 4.39 Å². The highest BCUT2D eigenvalue weighted by atomic mass is 19.1. The van der Waals surface area contributed by atoms with Crippen molar-refractivity contribution < 1.29 is 18.7 Å². The van der Waals surface area contributed by atoms with Gasteiger partial charge in [0.2, 0.25) is 0 Å². The van der Waals surface area contributed by atoms with Gasteiger partial charge in [-0.05, 0) is 19.1 Å². The summed E-state index contributed by atoms with van der Waals surface area (Å²) in [6.07, 6.45) is 0. The lowest BCUT2D eigenvalue weighted by atomic mass is 10.1. The van der Waals surface area contributed by atoms with E-state index in [9.17, 15) is 14.0 Å². The molecule has 0 radical (unpaired) electrons. The number of fused-ring (bicyclic) bond motifs is 1. The second-order valence-electron chi connectivity index (χ2n) is 4.99. The van der Waals surface area contributed by atoms with Crippen LogP contribution in [-0.2, 0) is 4.79 Å². The zero-order chi connectivity index (χ0) is 15.7.